The number of ether oxygens (including phenoxy) is 1. The molecule has 0 aliphatic heterocycles. The fraction of sp³-hybridized carbons (Fsp3) is 0.684. The van der Waals surface area contributed by atoms with Crippen LogP contribution in [0.1, 0.15) is 66.8 Å². The maximum atomic E-state index is 6.13. The summed E-state index contributed by atoms with van der Waals surface area (Å²) in [6.45, 7) is 6.63. The zero-order valence-electron chi connectivity index (χ0n) is 14.4. The van der Waals surface area contributed by atoms with Crippen LogP contribution in [0.2, 0.25) is 0 Å². The highest BCUT2D eigenvalue weighted by molar-refractivity contribution is 5.39. The zero-order valence-corrected chi connectivity index (χ0v) is 14.4. The van der Waals surface area contributed by atoms with Crippen molar-refractivity contribution in [3.63, 3.8) is 0 Å². The Morgan fingerprint density at radius 1 is 0.952 bits per heavy atom. The molecule has 1 aliphatic carbocycles. The number of nitrogens with one attached hydrogen (secondary N) is 1. The van der Waals surface area contributed by atoms with Gasteiger partial charge in [0.05, 0.1) is 11.6 Å². The van der Waals surface area contributed by atoms with Crippen LogP contribution in [0.4, 0.5) is 0 Å². The van der Waals surface area contributed by atoms with E-state index >= 15 is 0 Å². The van der Waals surface area contributed by atoms with Crippen molar-refractivity contribution in [1.82, 2.24) is 5.32 Å². The van der Waals surface area contributed by atoms with Crippen LogP contribution >= 0.6 is 0 Å². The first-order valence-corrected chi connectivity index (χ1v) is 8.34. The summed E-state index contributed by atoms with van der Waals surface area (Å²) >= 11 is 0. The lowest BCUT2D eigenvalue weighted by Gasteiger charge is -2.40. The van der Waals surface area contributed by atoms with Crippen LogP contribution in [0.3, 0.4) is 0 Å². The molecule has 1 atom stereocenters. The normalized spacial score (nSPS) is 20.0. The number of methoxy groups -OCH3 is 1. The van der Waals surface area contributed by atoms with Gasteiger partial charge in [-0.05, 0) is 62.9 Å². The summed E-state index contributed by atoms with van der Waals surface area (Å²) < 4.78 is 6.13. The predicted molar refractivity (Wildman–Crippen MR) is 89.9 cm³/mol. The average molecular weight is 289 g/mol. The summed E-state index contributed by atoms with van der Waals surface area (Å²) in [6.07, 6.45) is 7.54. The molecule has 1 saturated carbocycles. The first-order chi connectivity index (χ1) is 10.0. The summed E-state index contributed by atoms with van der Waals surface area (Å²) in [5.74, 6) is 0. The fourth-order valence-corrected chi connectivity index (χ4v) is 3.93. The van der Waals surface area contributed by atoms with E-state index in [4.69, 9.17) is 4.74 Å². The van der Waals surface area contributed by atoms with Gasteiger partial charge in [0.1, 0.15) is 0 Å². The minimum absolute atomic E-state index is 0.0578. The Morgan fingerprint density at radius 2 is 1.52 bits per heavy atom. The first-order valence-electron chi connectivity index (χ1n) is 8.34. The van der Waals surface area contributed by atoms with Crippen molar-refractivity contribution in [2.45, 2.75) is 70.9 Å². The third kappa shape index (κ3) is 3.32. The van der Waals surface area contributed by atoms with Gasteiger partial charge in [-0.1, -0.05) is 37.8 Å². The van der Waals surface area contributed by atoms with Crippen molar-refractivity contribution in [3.05, 3.63) is 34.4 Å². The standard InChI is InChI=1S/C19H31NO/c1-14-12-16(3)17(13-15(14)2)18(20-4)19(21-5)10-8-6-7-9-11-19/h12-13,18,20H,6-11H2,1-5H3. The lowest BCUT2D eigenvalue weighted by atomic mass is 9.80. The van der Waals surface area contributed by atoms with Crippen LogP contribution in [0.5, 0.6) is 0 Å². The van der Waals surface area contributed by atoms with Crippen molar-refractivity contribution in [1.29, 1.82) is 0 Å². The summed E-state index contributed by atoms with van der Waals surface area (Å²) in [7, 11) is 3.97. The van der Waals surface area contributed by atoms with Crippen LogP contribution in [-0.2, 0) is 4.74 Å². The van der Waals surface area contributed by atoms with E-state index in [1.165, 1.54) is 47.9 Å². The fourth-order valence-electron chi connectivity index (χ4n) is 3.93. The van der Waals surface area contributed by atoms with E-state index in [2.05, 4.69) is 45.3 Å². The highest BCUT2D eigenvalue weighted by atomic mass is 16.5. The molecule has 2 heteroatoms. The van der Waals surface area contributed by atoms with E-state index in [1.54, 1.807) is 0 Å². The van der Waals surface area contributed by atoms with Crippen molar-refractivity contribution in [2.24, 2.45) is 0 Å². The smallest absolute Gasteiger partial charge is 0.0872 e. The highest BCUT2D eigenvalue weighted by Gasteiger charge is 2.39. The number of aryl methyl sites for hydroxylation is 3. The van der Waals surface area contributed by atoms with Crippen LogP contribution in [0.15, 0.2) is 12.1 Å². The Morgan fingerprint density at radius 3 is 2.05 bits per heavy atom. The molecule has 1 N–H and O–H groups in total. The van der Waals surface area contributed by atoms with Gasteiger partial charge in [-0.15, -0.1) is 0 Å². The van der Waals surface area contributed by atoms with Gasteiger partial charge in [-0.3, -0.25) is 0 Å². The molecule has 1 unspecified atom stereocenters. The molecule has 2 nitrogen and oxygen atoms in total. The molecule has 0 bridgehead atoms. The monoisotopic (exact) mass is 289 g/mol. The maximum Gasteiger partial charge on any atom is 0.0872 e. The summed E-state index contributed by atoms with van der Waals surface area (Å²) in [5, 5.41) is 3.57. The summed E-state index contributed by atoms with van der Waals surface area (Å²) in [4.78, 5) is 0. The molecule has 0 aromatic heterocycles. The summed E-state index contributed by atoms with van der Waals surface area (Å²) in [6, 6.07) is 4.95. The molecule has 1 fully saturated rings. The summed E-state index contributed by atoms with van der Waals surface area (Å²) in [5.41, 5.74) is 5.47. The van der Waals surface area contributed by atoms with Crippen LogP contribution in [0, 0.1) is 20.8 Å². The zero-order chi connectivity index (χ0) is 15.5. The van der Waals surface area contributed by atoms with E-state index in [9.17, 15) is 0 Å². The van der Waals surface area contributed by atoms with Crippen molar-refractivity contribution in [2.75, 3.05) is 14.2 Å². The number of hydrogen-bond donors (Lipinski definition) is 1. The van der Waals surface area contributed by atoms with Gasteiger partial charge >= 0.3 is 0 Å². The van der Waals surface area contributed by atoms with Crippen molar-refractivity contribution < 1.29 is 4.74 Å². The molecule has 0 heterocycles. The van der Waals surface area contributed by atoms with E-state index in [1.807, 2.05) is 7.11 Å². The van der Waals surface area contributed by atoms with Gasteiger partial charge in [0.25, 0.3) is 0 Å². The number of likely N-dealkylation sites (N-methyl/N-ethyl adjacent to an activating group) is 1. The van der Waals surface area contributed by atoms with Crippen molar-refractivity contribution in [3.8, 4) is 0 Å². The van der Waals surface area contributed by atoms with Crippen LogP contribution in [-0.4, -0.2) is 19.8 Å². The Balaban J connectivity index is 2.43. The number of hydrogen-bond acceptors (Lipinski definition) is 2. The molecule has 0 spiro atoms. The minimum atomic E-state index is -0.0578. The van der Waals surface area contributed by atoms with Gasteiger partial charge in [0.15, 0.2) is 0 Å². The average Bonchev–Trinajstić information content (AvgIpc) is 2.71. The SMILES string of the molecule is CNC(c1cc(C)c(C)cc1C)C1(OC)CCCCCC1. The molecule has 118 valence electrons. The van der Waals surface area contributed by atoms with Gasteiger partial charge in [-0.2, -0.15) is 0 Å². The molecule has 1 aromatic carbocycles. The molecular formula is C19H31NO. The second-order valence-corrected chi connectivity index (χ2v) is 6.70. The second kappa shape index (κ2) is 6.93. The predicted octanol–water partition coefficient (Wildman–Crippen LogP) is 4.61. The van der Waals surface area contributed by atoms with Crippen LogP contribution < -0.4 is 5.32 Å². The largest absolute Gasteiger partial charge is 0.376 e. The molecule has 1 aliphatic rings. The van der Waals surface area contributed by atoms with Crippen molar-refractivity contribution >= 4 is 0 Å². The maximum absolute atomic E-state index is 6.13. The molecule has 1 aromatic rings. The van der Waals surface area contributed by atoms with Crippen LogP contribution in [0.25, 0.3) is 0 Å². The topological polar surface area (TPSA) is 21.3 Å². The molecule has 0 radical (unpaired) electrons. The molecular weight excluding hydrogens is 258 g/mol. The Labute approximate surface area is 130 Å². The Bertz CT molecular complexity index is 473. The Hall–Kier alpha value is -0.860. The molecule has 0 saturated heterocycles. The van der Waals surface area contributed by atoms with Gasteiger partial charge in [0, 0.05) is 7.11 Å². The lowest BCUT2D eigenvalue weighted by molar-refractivity contribution is -0.0524. The second-order valence-electron chi connectivity index (χ2n) is 6.70. The van der Waals surface area contributed by atoms with E-state index < -0.39 is 0 Å². The molecule has 2 rings (SSSR count). The number of rotatable bonds is 4. The van der Waals surface area contributed by atoms with Gasteiger partial charge in [-0.25, -0.2) is 0 Å². The first kappa shape index (κ1) is 16.5. The minimum Gasteiger partial charge on any atom is -0.376 e. The Kier molecular flexibility index (Phi) is 5.45. The van der Waals surface area contributed by atoms with Gasteiger partial charge < -0.3 is 10.1 Å². The van der Waals surface area contributed by atoms with E-state index in [-0.39, 0.29) is 11.6 Å². The van der Waals surface area contributed by atoms with Gasteiger partial charge in [0.2, 0.25) is 0 Å². The third-order valence-corrected chi connectivity index (χ3v) is 5.36. The quantitative estimate of drug-likeness (QED) is 0.817. The molecule has 21 heavy (non-hydrogen) atoms. The van der Waals surface area contributed by atoms with E-state index in [0.29, 0.717) is 0 Å². The highest BCUT2D eigenvalue weighted by Crippen LogP contribution is 2.41. The number of benzene rings is 1. The molecule has 0 amide bonds. The lowest BCUT2D eigenvalue weighted by Crippen LogP contribution is -2.44. The van der Waals surface area contributed by atoms with E-state index in [0.717, 1.165) is 12.8 Å². The third-order valence-electron chi connectivity index (χ3n) is 5.36.